The number of hydrogen-bond donors (Lipinski definition) is 1. The molecule has 160 valence electrons. The van der Waals surface area contributed by atoms with Gasteiger partial charge in [0.25, 0.3) is 5.56 Å². The lowest BCUT2D eigenvalue weighted by Crippen LogP contribution is -2.52. The van der Waals surface area contributed by atoms with E-state index in [1.807, 2.05) is 24.3 Å². The average molecular weight is 408 g/mol. The van der Waals surface area contributed by atoms with Crippen LogP contribution in [0.3, 0.4) is 0 Å². The van der Waals surface area contributed by atoms with Crippen LogP contribution in [-0.2, 0) is 16.8 Å². The second kappa shape index (κ2) is 8.75. The lowest BCUT2D eigenvalue weighted by Gasteiger charge is -2.38. The first-order valence-corrected chi connectivity index (χ1v) is 11.4. The van der Waals surface area contributed by atoms with Gasteiger partial charge in [0, 0.05) is 12.0 Å². The van der Waals surface area contributed by atoms with Crippen LogP contribution in [0.25, 0.3) is 0 Å². The Balaban J connectivity index is 1.57. The monoisotopic (exact) mass is 407 g/mol. The lowest BCUT2D eigenvalue weighted by atomic mass is 9.68. The lowest BCUT2D eigenvalue weighted by molar-refractivity contribution is -0.129. The van der Waals surface area contributed by atoms with Crippen molar-refractivity contribution < 1.29 is 4.79 Å². The van der Waals surface area contributed by atoms with Crippen molar-refractivity contribution >= 4 is 5.91 Å². The number of rotatable bonds is 7. The summed E-state index contributed by atoms with van der Waals surface area (Å²) in [5.74, 6) is 0.787. The number of aromatic nitrogens is 2. The van der Waals surface area contributed by atoms with Gasteiger partial charge in [0.1, 0.15) is 0 Å². The fourth-order valence-electron chi connectivity index (χ4n) is 4.67. The Bertz CT molecular complexity index is 925. The molecule has 30 heavy (non-hydrogen) atoms. The molecule has 0 radical (unpaired) electrons. The van der Waals surface area contributed by atoms with E-state index in [1.165, 1.54) is 6.42 Å². The minimum Gasteiger partial charge on any atom is -0.350 e. The molecule has 1 atom stereocenters. The van der Waals surface area contributed by atoms with E-state index in [0.717, 1.165) is 49.8 Å². The highest BCUT2D eigenvalue weighted by atomic mass is 16.2. The van der Waals surface area contributed by atoms with Crippen LogP contribution in [-0.4, -0.2) is 21.7 Å². The van der Waals surface area contributed by atoms with Gasteiger partial charge in [-0.25, -0.2) is 4.68 Å². The van der Waals surface area contributed by atoms with Gasteiger partial charge < -0.3 is 5.32 Å². The zero-order chi connectivity index (χ0) is 21.1. The summed E-state index contributed by atoms with van der Waals surface area (Å²) in [4.78, 5) is 26.1. The van der Waals surface area contributed by atoms with Gasteiger partial charge in [-0.3, -0.25) is 9.59 Å². The van der Waals surface area contributed by atoms with Crippen molar-refractivity contribution in [3.63, 3.8) is 0 Å². The molecular formula is C25H33N3O2. The van der Waals surface area contributed by atoms with Gasteiger partial charge in [-0.1, -0.05) is 63.4 Å². The van der Waals surface area contributed by atoms with Crippen LogP contribution in [0.2, 0.25) is 0 Å². The highest BCUT2D eigenvalue weighted by Gasteiger charge is 2.42. The number of benzene rings is 1. The van der Waals surface area contributed by atoms with Crippen LogP contribution in [0.15, 0.2) is 47.3 Å². The van der Waals surface area contributed by atoms with E-state index in [-0.39, 0.29) is 23.4 Å². The molecule has 5 heteroatoms. The molecule has 0 unspecified atom stereocenters. The fraction of sp³-hybridized carbons (Fsp3) is 0.560. The zero-order valence-corrected chi connectivity index (χ0v) is 18.1. The highest BCUT2D eigenvalue weighted by Crippen LogP contribution is 2.40. The van der Waals surface area contributed by atoms with Crippen LogP contribution in [0.5, 0.6) is 0 Å². The second-order valence-corrected chi connectivity index (χ2v) is 9.39. The molecule has 1 aromatic heterocycles. The van der Waals surface area contributed by atoms with Gasteiger partial charge in [0.05, 0.1) is 23.7 Å². The SMILES string of the molecule is CC(C)[C@@H](Cn1nc(C2CC2)ccc1=O)NC(=O)C1(c2ccccc2)CCCCC1. The number of hydrogen-bond acceptors (Lipinski definition) is 3. The molecule has 2 aromatic rings. The Hall–Kier alpha value is -2.43. The van der Waals surface area contributed by atoms with Crippen LogP contribution < -0.4 is 10.9 Å². The van der Waals surface area contributed by atoms with Crippen LogP contribution in [0, 0.1) is 5.92 Å². The molecule has 2 saturated carbocycles. The normalized spacial score (nSPS) is 19.4. The molecular weight excluding hydrogens is 374 g/mol. The second-order valence-electron chi connectivity index (χ2n) is 9.39. The van der Waals surface area contributed by atoms with Crippen molar-refractivity contribution in [3.8, 4) is 0 Å². The van der Waals surface area contributed by atoms with Crippen LogP contribution >= 0.6 is 0 Å². The summed E-state index contributed by atoms with van der Waals surface area (Å²) >= 11 is 0. The average Bonchev–Trinajstić information content (AvgIpc) is 3.61. The largest absolute Gasteiger partial charge is 0.350 e. The smallest absolute Gasteiger partial charge is 0.266 e. The zero-order valence-electron chi connectivity index (χ0n) is 18.1. The number of amides is 1. The third-order valence-electron chi connectivity index (χ3n) is 6.84. The van der Waals surface area contributed by atoms with E-state index >= 15 is 0 Å². The third kappa shape index (κ3) is 4.35. The maximum Gasteiger partial charge on any atom is 0.266 e. The number of carbonyl (C=O) groups excluding carboxylic acids is 1. The van der Waals surface area contributed by atoms with Crippen molar-refractivity contribution in [2.24, 2.45) is 5.92 Å². The molecule has 4 rings (SSSR count). The molecule has 2 aliphatic carbocycles. The van der Waals surface area contributed by atoms with Crippen LogP contribution in [0.1, 0.15) is 76.0 Å². The first-order chi connectivity index (χ1) is 14.5. The predicted octanol–water partition coefficient (Wildman–Crippen LogP) is 4.16. The molecule has 2 aliphatic rings. The van der Waals surface area contributed by atoms with E-state index in [2.05, 4.69) is 36.4 Å². The molecule has 0 aliphatic heterocycles. The van der Waals surface area contributed by atoms with Crippen molar-refractivity contribution in [2.45, 2.75) is 82.7 Å². The van der Waals surface area contributed by atoms with Gasteiger partial charge in [0.2, 0.25) is 5.91 Å². The van der Waals surface area contributed by atoms with E-state index in [4.69, 9.17) is 0 Å². The van der Waals surface area contributed by atoms with Gasteiger partial charge in [-0.2, -0.15) is 5.10 Å². The minimum absolute atomic E-state index is 0.0958. The Morgan fingerprint density at radius 1 is 1.10 bits per heavy atom. The predicted molar refractivity (Wildman–Crippen MR) is 118 cm³/mol. The highest BCUT2D eigenvalue weighted by molar-refractivity contribution is 5.88. The molecule has 0 saturated heterocycles. The summed E-state index contributed by atoms with van der Waals surface area (Å²) < 4.78 is 1.55. The summed E-state index contributed by atoms with van der Waals surface area (Å²) in [6.45, 7) is 4.60. The molecule has 0 bridgehead atoms. The van der Waals surface area contributed by atoms with Crippen molar-refractivity contribution in [1.82, 2.24) is 15.1 Å². The Kier molecular flexibility index (Phi) is 6.07. The third-order valence-corrected chi connectivity index (χ3v) is 6.84. The molecule has 2 fully saturated rings. The van der Waals surface area contributed by atoms with E-state index in [0.29, 0.717) is 12.5 Å². The van der Waals surface area contributed by atoms with Crippen molar-refractivity contribution in [3.05, 3.63) is 64.1 Å². The van der Waals surface area contributed by atoms with E-state index in [9.17, 15) is 9.59 Å². The van der Waals surface area contributed by atoms with Gasteiger partial charge in [0.15, 0.2) is 0 Å². The maximum absolute atomic E-state index is 13.7. The number of carbonyl (C=O) groups is 1. The van der Waals surface area contributed by atoms with Crippen molar-refractivity contribution in [1.29, 1.82) is 0 Å². The van der Waals surface area contributed by atoms with Gasteiger partial charge in [-0.15, -0.1) is 0 Å². The summed E-state index contributed by atoms with van der Waals surface area (Å²) in [5, 5.41) is 7.93. The molecule has 5 nitrogen and oxygen atoms in total. The summed E-state index contributed by atoms with van der Waals surface area (Å²) in [6, 6.07) is 13.5. The molecule has 0 spiro atoms. The number of nitrogens with one attached hydrogen (secondary N) is 1. The summed E-state index contributed by atoms with van der Waals surface area (Å²) in [6.07, 6.45) is 7.37. The number of nitrogens with zero attached hydrogens (tertiary/aromatic N) is 2. The maximum atomic E-state index is 13.7. The first-order valence-electron chi connectivity index (χ1n) is 11.4. The first kappa shape index (κ1) is 20.8. The Labute approximate surface area is 178 Å². The molecule has 1 N–H and O–H groups in total. The molecule has 1 heterocycles. The van der Waals surface area contributed by atoms with E-state index in [1.54, 1.807) is 10.7 Å². The molecule has 1 amide bonds. The topological polar surface area (TPSA) is 64.0 Å². The van der Waals surface area contributed by atoms with Gasteiger partial charge >= 0.3 is 0 Å². The van der Waals surface area contributed by atoms with Crippen molar-refractivity contribution in [2.75, 3.05) is 0 Å². The van der Waals surface area contributed by atoms with Crippen LogP contribution in [0.4, 0.5) is 0 Å². The quantitative estimate of drug-likeness (QED) is 0.749. The Morgan fingerprint density at radius 2 is 1.80 bits per heavy atom. The Morgan fingerprint density at radius 3 is 2.43 bits per heavy atom. The standard InChI is InChI=1S/C25H33N3O2/c1-18(2)22(17-28-23(29)14-13-21(27-28)19-11-12-19)26-24(30)25(15-7-4-8-16-25)20-9-5-3-6-10-20/h3,5-6,9-10,13-14,18-19,22H,4,7-8,11-12,15-17H2,1-2H3,(H,26,30)/t22-/m1/s1. The van der Waals surface area contributed by atoms with E-state index < -0.39 is 5.41 Å². The minimum atomic E-state index is -0.471. The summed E-state index contributed by atoms with van der Waals surface area (Å²) in [7, 11) is 0. The molecule has 1 aromatic carbocycles. The summed E-state index contributed by atoms with van der Waals surface area (Å²) in [5.41, 5.74) is 1.53. The van der Waals surface area contributed by atoms with Gasteiger partial charge in [-0.05, 0) is 43.2 Å². The fourth-order valence-corrected chi connectivity index (χ4v) is 4.67.